The van der Waals surface area contributed by atoms with Crippen LogP contribution in [0.1, 0.15) is 26.4 Å². The largest absolute Gasteiger partial charge is 0.484 e. The second kappa shape index (κ2) is 6.78. The first kappa shape index (κ1) is 16.7. The number of nitrogens with two attached hydrogens (primary N) is 1. The summed E-state index contributed by atoms with van der Waals surface area (Å²) >= 11 is 0. The van der Waals surface area contributed by atoms with Gasteiger partial charge < -0.3 is 4.74 Å². The van der Waals surface area contributed by atoms with E-state index in [0.717, 1.165) is 5.56 Å². The van der Waals surface area contributed by atoms with Gasteiger partial charge in [0, 0.05) is 11.1 Å². The number of hydrazine groups is 1. The summed E-state index contributed by atoms with van der Waals surface area (Å²) < 4.78 is 7.10. The fourth-order valence-electron chi connectivity index (χ4n) is 2.96. The van der Waals surface area contributed by atoms with Crippen LogP contribution >= 0.6 is 0 Å². The van der Waals surface area contributed by atoms with Crippen LogP contribution in [0, 0.1) is 13.8 Å². The van der Waals surface area contributed by atoms with E-state index < -0.39 is 5.91 Å². The summed E-state index contributed by atoms with van der Waals surface area (Å²) in [5.41, 5.74) is 4.76. The van der Waals surface area contributed by atoms with Crippen LogP contribution in [0.3, 0.4) is 0 Å². The Hall–Kier alpha value is -3.12. The second-order valence-electron chi connectivity index (χ2n) is 5.79. The molecule has 1 heterocycles. The molecule has 2 aromatic carbocycles. The van der Waals surface area contributed by atoms with Crippen molar-refractivity contribution in [1.82, 2.24) is 9.99 Å². The number of carbonyl (C=O) groups is 2. The summed E-state index contributed by atoms with van der Waals surface area (Å²) in [7, 11) is 0. The topological polar surface area (TPSA) is 86.3 Å². The van der Waals surface area contributed by atoms with Crippen molar-refractivity contribution >= 4 is 22.7 Å². The fourth-order valence-corrected chi connectivity index (χ4v) is 2.96. The summed E-state index contributed by atoms with van der Waals surface area (Å²) in [5, 5.41) is 0.673. The smallest absolute Gasteiger partial charge is 0.269 e. The fraction of sp³-hybridized carbons (Fsp3) is 0.158. The van der Waals surface area contributed by atoms with Gasteiger partial charge in [-0.25, -0.2) is 5.84 Å². The lowest BCUT2D eigenvalue weighted by atomic mass is 10.1. The van der Waals surface area contributed by atoms with Crippen molar-refractivity contribution in [2.45, 2.75) is 13.8 Å². The zero-order valence-corrected chi connectivity index (χ0v) is 14.1. The number of nitrogens with zero attached hydrogens (tertiary/aromatic N) is 1. The molecule has 0 unspecified atom stereocenters. The molecule has 0 saturated heterocycles. The Morgan fingerprint density at radius 2 is 1.88 bits per heavy atom. The molecule has 0 aliphatic rings. The monoisotopic (exact) mass is 337 g/mol. The highest BCUT2D eigenvalue weighted by Crippen LogP contribution is 2.26. The molecular formula is C19H19N3O3. The van der Waals surface area contributed by atoms with E-state index in [1.807, 2.05) is 37.3 Å². The average Bonchev–Trinajstić information content (AvgIpc) is 2.91. The highest BCUT2D eigenvalue weighted by Gasteiger charge is 2.22. The van der Waals surface area contributed by atoms with Gasteiger partial charge in [0.1, 0.15) is 5.75 Å². The number of benzene rings is 2. The predicted molar refractivity (Wildman–Crippen MR) is 95.6 cm³/mol. The number of fused-ring (bicyclic) bond motifs is 1. The normalized spacial score (nSPS) is 10.7. The van der Waals surface area contributed by atoms with Gasteiger partial charge in [0.05, 0.1) is 11.1 Å². The lowest BCUT2D eigenvalue weighted by molar-refractivity contribution is 0.0841. The molecule has 0 spiro atoms. The minimum atomic E-state index is -0.431. The predicted octanol–water partition coefficient (Wildman–Crippen LogP) is 2.58. The first-order chi connectivity index (χ1) is 12.0. The van der Waals surface area contributed by atoms with E-state index in [1.54, 1.807) is 25.1 Å². The molecule has 0 atom stereocenters. The molecule has 6 heteroatoms. The number of nitrogen functional groups attached to an aromatic ring is 1. The first-order valence-electron chi connectivity index (χ1n) is 7.86. The Kier molecular flexibility index (Phi) is 4.54. The van der Waals surface area contributed by atoms with Crippen LogP contribution < -0.4 is 16.0 Å². The summed E-state index contributed by atoms with van der Waals surface area (Å²) in [4.78, 5) is 24.8. The molecule has 3 rings (SSSR count). The quantitative estimate of drug-likeness (QED) is 0.435. The molecule has 3 aromatic rings. The van der Waals surface area contributed by atoms with E-state index in [9.17, 15) is 9.59 Å². The lowest BCUT2D eigenvalue weighted by Gasteiger charge is -2.09. The third-order valence-electron chi connectivity index (χ3n) is 4.07. The van der Waals surface area contributed by atoms with E-state index in [1.165, 1.54) is 4.57 Å². The lowest BCUT2D eigenvalue weighted by Crippen LogP contribution is -2.30. The minimum absolute atomic E-state index is 0.132. The Balaban J connectivity index is 1.96. The Bertz CT molecular complexity index is 960. The summed E-state index contributed by atoms with van der Waals surface area (Å²) in [6.07, 6.45) is 0. The van der Waals surface area contributed by atoms with Crippen molar-refractivity contribution in [2.75, 3.05) is 6.61 Å². The molecule has 128 valence electrons. The van der Waals surface area contributed by atoms with Gasteiger partial charge in [0.25, 0.3) is 11.8 Å². The number of aromatic nitrogens is 1. The number of aryl methyl sites for hydroxylation is 1. The number of para-hydroxylation sites is 1. The summed E-state index contributed by atoms with van der Waals surface area (Å²) in [5.74, 6) is 5.22. The van der Waals surface area contributed by atoms with Crippen LogP contribution in [0.4, 0.5) is 0 Å². The van der Waals surface area contributed by atoms with Crippen molar-refractivity contribution in [3.63, 3.8) is 0 Å². The molecule has 0 radical (unpaired) electrons. The van der Waals surface area contributed by atoms with Crippen molar-refractivity contribution in [1.29, 1.82) is 0 Å². The highest BCUT2D eigenvalue weighted by molar-refractivity contribution is 6.10. The van der Waals surface area contributed by atoms with Crippen LogP contribution in [-0.2, 0) is 0 Å². The van der Waals surface area contributed by atoms with Gasteiger partial charge in [0.15, 0.2) is 6.61 Å². The Morgan fingerprint density at radius 1 is 1.12 bits per heavy atom. The van der Waals surface area contributed by atoms with Gasteiger partial charge in [-0.05, 0) is 37.6 Å². The van der Waals surface area contributed by atoms with E-state index in [2.05, 4.69) is 5.43 Å². The van der Waals surface area contributed by atoms with Crippen molar-refractivity contribution in [2.24, 2.45) is 5.84 Å². The molecule has 0 saturated carbocycles. The maximum atomic E-state index is 12.7. The van der Waals surface area contributed by atoms with Gasteiger partial charge in [-0.15, -0.1) is 0 Å². The van der Waals surface area contributed by atoms with Crippen LogP contribution in [0.15, 0.2) is 48.5 Å². The van der Waals surface area contributed by atoms with Gasteiger partial charge in [-0.3, -0.25) is 19.6 Å². The average molecular weight is 337 g/mol. The standard InChI is InChI=1S/C19H19N3O3/c1-12-6-5-7-14(10-12)25-11-17(23)22-13(2)18(19(24)21-20)15-8-3-4-9-16(15)22/h3-10H,11,20H2,1-2H3,(H,21,24). The van der Waals surface area contributed by atoms with Crippen LogP contribution in [0.25, 0.3) is 10.9 Å². The molecule has 1 amide bonds. The van der Waals surface area contributed by atoms with Gasteiger partial charge in [-0.2, -0.15) is 0 Å². The van der Waals surface area contributed by atoms with E-state index in [0.29, 0.717) is 27.9 Å². The number of ether oxygens (including phenoxy) is 1. The van der Waals surface area contributed by atoms with Gasteiger partial charge in [-0.1, -0.05) is 30.3 Å². The number of amides is 1. The van der Waals surface area contributed by atoms with Crippen LogP contribution in [-0.4, -0.2) is 23.0 Å². The Labute approximate surface area is 145 Å². The molecule has 0 bridgehead atoms. The number of rotatable bonds is 4. The molecule has 1 aromatic heterocycles. The molecule has 0 aliphatic heterocycles. The zero-order valence-electron chi connectivity index (χ0n) is 14.1. The van der Waals surface area contributed by atoms with Gasteiger partial charge in [0.2, 0.25) is 0 Å². The van der Waals surface area contributed by atoms with Crippen molar-refractivity contribution < 1.29 is 14.3 Å². The first-order valence-corrected chi connectivity index (χ1v) is 7.86. The SMILES string of the molecule is Cc1cccc(OCC(=O)n2c(C)c(C(=O)NN)c3ccccc32)c1. The third-order valence-corrected chi connectivity index (χ3v) is 4.07. The molecule has 6 nitrogen and oxygen atoms in total. The maximum absolute atomic E-state index is 12.7. The van der Waals surface area contributed by atoms with E-state index in [4.69, 9.17) is 10.6 Å². The maximum Gasteiger partial charge on any atom is 0.269 e. The second-order valence-corrected chi connectivity index (χ2v) is 5.79. The number of hydrogen-bond acceptors (Lipinski definition) is 4. The highest BCUT2D eigenvalue weighted by atomic mass is 16.5. The van der Waals surface area contributed by atoms with Crippen molar-refractivity contribution in [3.05, 3.63) is 65.4 Å². The van der Waals surface area contributed by atoms with E-state index in [-0.39, 0.29) is 12.5 Å². The van der Waals surface area contributed by atoms with E-state index >= 15 is 0 Å². The van der Waals surface area contributed by atoms with Gasteiger partial charge >= 0.3 is 0 Å². The molecule has 0 fully saturated rings. The molecule has 0 aliphatic carbocycles. The Morgan fingerprint density at radius 3 is 2.60 bits per heavy atom. The van der Waals surface area contributed by atoms with Crippen molar-refractivity contribution in [3.8, 4) is 5.75 Å². The summed E-state index contributed by atoms with van der Waals surface area (Å²) in [6, 6.07) is 14.7. The van der Waals surface area contributed by atoms with Crippen LogP contribution in [0.2, 0.25) is 0 Å². The molecular weight excluding hydrogens is 318 g/mol. The molecule has 25 heavy (non-hydrogen) atoms. The zero-order chi connectivity index (χ0) is 18.0. The minimum Gasteiger partial charge on any atom is -0.484 e. The number of nitrogens with one attached hydrogen (secondary N) is 1. The molecule has 3 N–H and O–H groups in total. The van der Waals surface area contributed by atoms with Crippen LogP contribution in [0.5, 0.6) is 5.75 Å². The number of hydrogen-bond donors (Lipinski definition) is 2. The number of carbonyl (C=O) groups excluding carboxylic acids is 2. The third kappa shape index (κ3) is 3.12. The summed E-state index contributed by atoms with van der Waals surface area (Å²) in [6.45, 7) is 3.54.